The lowest BCUT2D eigenvalue weighted by Gasteiger charge is -2.73. The molecule has 8 bridgehead atoms. The van der Waals surface area contributed by atoms with Crippen molar-refractivity contribution < 1.29 is 14.3 Å². The van der Waals surface area contributed by atoms with Gasteiger partial charge in [-0.05, 0) is 123 Å². The molecule has 1 heterocycles. The van der Waals surface area contributed by atoms with E-state index in [4.69, 9.17) is 4.74 Å². The molecule has 10 rings (SSSR count). The van der Waals surface area contributed by atoms with E-state index in [1.807, 2.05) is 0 Å². The Morgan fingerprint density at radius 1 is 0.743 bits per heavy atom. The third-order valence-corrected chi connectivity index (χ3v) is 12.4. The number of ether oxygens (including phenoxy) is 1. The van der Waals surface area contributed by atoms with Crippen molar-refractivity contribution in [2.45, 2.75) is 90.1 Å². The van der Waals surface area contributed by atoms with Crippen LogP contribution in [0.5, 0.6) is 0 Å². The van der Waals surface area contributed by atoms with Gasteiger partial charge in [-0.25, -0.2) is 0 Å². The van der Waals surface area contributed by atoms with Gasteiger partial charge in [-0.3, -0.25) is 9.59 Å². The number of hydrogen-bond acceptors (Lipinski definition) is 3. The van der Waals surface area contributed by atoms with Crippen molar-refractivity contribution in [2.75, 3.05) is 7.11 Å². The number of methoxy groups -OCH3 is 1. The van der Waals surface area contributed by atoms with Gasteiger partial charge in [0.2, 0.25) is 5.91 Å². The highest BCUT2D eigenvalue weighted by Gasteiger charge is 2.72. The maximum absolute atomic E-state index is 14.4. The summed E-state index contributed by atoms with van der Waals surface area (Å²) in [6, 6.07) is 8.62. The quantitative estimate of drug-likeness (QED) is 0.516. The van der Waals surface area contributed by atoms with E-state index >= 15 is 0 Å². The summed E-state index contributed by atoms with van der Waals surface area (Å²) >= 11 is 0. The lowest BCUT2D eigenvalue weighted by molar-refractivity contribution is -0.241. The molecule has 8 fully saturated rings. The van der Waals surface area contributed by atoms with Gasteiger partial charge in [0.05, 0.1) is 17.9 Å². The number of fused-ring (bicyclic) bond motifs is 1. The lowest BCUT2D eigenvalue weighted by Crippen LogP contribution is -2.67. The molecule has 0 spiro atoms. The van der Waals surface area contributed by atoms with Gasteiger partial charge in [-0.2, -0.15) is 0 Å². The minimum atomic E-state index is -0.240. The van der Waals surface area contributed by atoms with Crippen LogP contribution < -0.4 is 0 Å². The molecule has 1 amide bonds. The molecule has 4 nitrogen and oxygen atoms in total. The molecule has 0 N–H and O–H groups in total. The van der Waals surface area contributed by atoms with Crippen LogP contribution in [0.25, 0.3) is 0 Å². The molecule has 4 atom stereocenters. The van der Waals surface area contributed by atoms with E-state index in [1.54, 1.807) is 7.11 Å². The second kappa shape index (κ2) is 6.72. The van der Waals surface area contributed by atoms with Crippen molar-refractivity contribution >= 4 is 11.9 Å². The zero-order valence-electron chi connectivity index (χ0n) is 21.2. The first-order valence-electron chi connectivity index (χ1n) is 14.3. The first kappa shape index (κ1) is 21.3. The van der Waals surface area contributed by atoms with Crippen molar-refractivity contribution in [2.24, 2.45) is 45.3 Å². The van der Waals surface area contributed by atoms with Crippen LogP contribution in [0.4, 0.5) is 0 Å². The third-order valence-electron chi connectivity index (χ3n) is 12.4. The average Bonchev–Trinajstić information content (AvgIpc) is 3.25. The van der Waals surface area contributed by atoms with Crippen LogP contribution in [0, 0.1) is 45.3 Å². The number of esters is 1. The first-order valence-corrected chi connectivity index (χ1v) is 14.3. The second-order valence-corrected chi connectivity index (χ2v) is 14.5. The van der Waals surface area contributed by atoms with Crippen molar-refractivity contribution in [1.29, 1.82) is 0 Å². The summed E-state index contributed by atoms with van der Waals surface area (Å²) < 4.78 is 5.46. The minimum Gasteiger partial charge on any atom is -0.469 e. The van der Waals surface area contributed by atoms with Crippen LogP contribution in [0.1, 0.15) is 88.2 Å². The monoisotopic (exact) mass is 473 g/mol. The fraction of sp³-hybridized carbons (Fsp3) is 0.742. The van der Waals surface area contributed by atoms with E-state index in [1.165, 1.54) is 49.7 Å². The molecule has 0 radical (unpaired) electrons. The van der Waals surface area contributed by atoms with Gasteiger partial charge in [0.15, 0.2) is 0 Å². The summed E-state index contributed by atoms with van der Waals surface area (Å²) in [6.45, 7) is 1.58. The number of carbonyl (C=O) groups excluding carboxylic acids is 2. The predicted molar refractivity (Wildman–Crippen MR) is 132 cm³/mol. The number of nitrogens with zero attached hydrogens (tertiary/aromatic N) is 1. The standard InChI is InChI=1S/C31H39NO3/c1-35-27(34)29-10-22-7-23(11-29)15-31(14-22,19-29)30-12-20-6-21(13-30)9-28(8-20,18-30)26(33)32-16-24-4-2-3-5-25(24)17-32/h2-5,20-23H,6-19H2,1H3. The van der Waals surface area contributed by atoms with Crippen molar-refractivity contribution in [3.8, 4) is 0 Å². The summed E-state index contributed by atoms with van der Waals surface area (Å²) in [5.41, 5.74) is 2.78. The Labute approximate surface area is 209 Å². The van der Waals surface area contributed by atoms with Crippen LogP contribution >= 0.6 is 0 Å². The van der Waals surface area contributed by atoms with Gasteiger partial charge in [0, 0.05) is 13.1 Å². The molecule has 0 saturated heterocycles. The van der Waals surface area contributed by atoms with Crippen LogP contribution in [0.15, 0.2) is 24.3 Å². The van der Waals surface area contributed by atoms with Gasteiger partial charge in [0.1, 0.15) is 0 Å². The minimum absolute atomic E-state index is 0.0707. The first-order chi connectivity index (χ1) is 16.9. The molecule has 4 unspecified atom stereocenters. The summed E-state index contributed by atoms with van der Waals surface area (Å²) in [4.78, 5) is 29.8. The van der Waals surface area contributed by atoms with Crippen LogP contribution in [-0.4, -0.2) is 23.9 Å². The Morgan fingerprint density at radius 2 is 1.20 bits per heavy atom. The maximum atomic E-state index is 14.4. The zero-order chi connectivity index (χ0) is 23.6. The fourth-order valence-corrected chi connectivity index (χ4v) is 12.3. The molecule has 186 valence electrons. The second-order valence-electron chi connectivity index (χ2n) is 14.5. The number of hydrogen-bond donors (Lipinski definition) is 0. The molecule has 0 aromatic heterocycles. The van der Waals surface area contributed by atoms with Crippen molar-refractivity contribution in [1.82, 2.24) is 4.90 Å². The highest BCUT2D eigenvalue weighted by atomic mass is 16.5. The summed E-state index contributed by atoms with van der Waals surface area (Å²) in [6.07, 6.45) is 14.4. The normalized spacial score (nSPS) is 48.3. The Bertz CT molecular complexity index is 1070. The predicted octanol–water partition coefficient (Wildman–Crippen LogP) is 5.88. The Morgan fingerprint density at radius 3 is 1.69 bits per heavy atom. The maximum Gasteiger partial charge on any atom is 0.311 e. The Kier molecular flexibility index (Phi) is 4.08. The number of amides is 1. The highest BCUT2D eigenvalue weighted by molar-refractivity contribution is 5.84. The lowest BCUT2D eigenvalue weighted by atomic mass is 9.31. The smallest absolute Gasteiger partial charge is 0.311 e. The molecule has 1 aliphatic heterocycles. The largest absolute Gasteiger partial charge is 0.469 e. The van der Waals surface area contributed by atoms with Gasteiger partial charge in [-0.1, -0.05) is 24.3 Å². The molecular weight excluding hydrogens is 434 g/mol. The number of carbonyl (C=O) groups is 2. The molecule has 8 aliphatic carbocycles. The van der Waals surface area contributed by atoms with Gasteiger partial charge in [0.25, 0.3) is 0 Å². The molecule has 8 saturated carbocycles. The van der Waals surface area contributed by atoms with E-state index in [0.717, 1.165) is 51.6 Å². The third kappa shape index (κ3) is 2.70. The topological polar surface area (TPSA) is 46.6 Å². The van der Waals surface area contributed by atoms with Crippen molar-refractivity contribution in [3.63, 3.8) is 0 Å². The van der Waals surface area contributed by atoms with Crippen LogP contribution in [0.2, 0.25) is 0 Å². The number of rotatable bonds is 3. The molecule has 1 aromatic rings. The Hall–Kier alpha value is -1.84. The van der Waals surface area contributed by atoms with E-state index < -0.39 is 0 Å². The SMILES string of the molecule is COC(=O)C12CC3CC(C1)CC(C14CC5CC(CC(C(=O)N6Cc7ccccc7C6)(C5)C1)C4)(C3)C2. The van der Waals surface area contributed by atoms with Crippen LogP contribution in [0.3, 0.4) is 0 Å². The number of benzene rings is 1. The molecule has 1 aromatic carbocycles. The molecule has 9 aliphatic rings. The van der Waals surface area contributed by atoms with Crippen LogP contribution in [-0.2, 0) is 27.4 Å². The van der Waals surface area contributed by atoms with E-state index in [9.17, 15) is 9.59 Å². The van der Waals surface area contributed by atoms with Gasteiger partial charge in [-0.15, -0.1) is 0 Å². The zero-order valence-corrected chi connectivity index (χ0v) is 21.2. The van der Waals surface area contributed by atoms with E-state index in [-0.39, 0.29) is 27.6 Å². The van der Waals surface area contributed by atoms with Gasteiger partial charge >= 0.3 is 5.97 Å². The summed E-state index contributed by atoms with van der Waals surface area (Å²) in [7, 11) is 1.60. The molecule has 4 heteroatoms. The van der Waals surface area contributed by atoms with Crippen molar-refractivity contribution in [3.05, 3.63) is 35.4 Å². The van der Waals surface area contributed by atoms with E-state index in [0.29, 0.717) is 29.6 Å². The summed E-state index contributed by atoms with van der Waals surface area (Å²) in [5, 5.41) is 0. The van der Waals surface area contributed by atoms with E-state index in [2.05, 4.69) is 29.2 Å². The highest BCUT2D eigenvalue weighted by Crippen LogP contribution is 2.78. The average molecular weight is 474 g/mol. The fourth-order valence-electron chi connectivity index (χ4n) is 12.3. The Balaban J connectivity index is 1.16. The molecular formula is C31H39NO3. The summed E-state index contributed by atoms with van der Waals surface area (Å²) in [5.74, 6) is 3.30. The van der Waals surface area contributed by atoms with Gasteiger partial charge < -0.3 is 9.64 Å². The molecule has 35 heavy (non-hydrogen) atoms.